The monoisotopic (exact) mass is 208 g/mol. The molecule has 0 N–H and O–H groups in total. The number of hydrogen-bond donors (Lipinski definition) is 0. The zero-order chi connectivity index (χ0) is 11.7. The van der Waals surface area contributed by atoms with Gasteiger partial charge in [-0.3, -0.25) is 4.79 Å². The molecule has 3 nitrogen and oxygen atoms in total. The highest BCUT2D eigenvalue weighted by Gasteiger charge is 2.50. The van der Waals surface area contributed by atoms with Crippen LogP contribution >= 0.6 is 0 Å². The molecule has 0 aromatic heterocycles. The molecule has 1 rings (SSSR count). The second kappa shape index (κ2) is 3.95. The summed E-state index contributed by atoms with van der Waals surface area (Å²) in [6.45, 7) is 11.4. The van der Waals surface area contributed by atoms with Crippen LogP contribution in [0.1, 0.15) is 27.7 Å². The number of carbonyl (C=O) groups excluding carboxylic acids is 1. The van der Waals surface area contributed by atoms with Gasteiger partial charge in [-0.15, -0.1) is 0 Å². The lowest BCUT2D eigenvalue weighted by Crippen LogP contribution is -2.41. The van der Waals surface area contributed by atoms with Crippen molar-refractivity contribution in [3.8, 4) is 0 Å². The SMILES string of the molecule is C=C/C(C=O)=C\B1OC(C)(C)C(C)(C)O1. The fourth-order valence-electron chi connectivity index (χ4n) is 1.27. The predicted molar refractivity (Wildman–Crippen MR) is 60.4 cm³/mol. The quantitative estimate of drug-likeness (QED) is 0.307. The summed E-state index contributed by atoms with van der Waals surface area (Å²) in [4.78, 5) is 10.6. The number of allylic oxidation sites excluding steroid dienone is 2. The normalized spacial score (nSPS) is 24.0. The van der Waals surface area contributed by atoms with E-state index in [1.165, 1.54) is 6.08 Å². The van der Waals surface area contributed by atoms with Crippen molar-refractivity contribution in [3.63, 3.8) is 0 Å². The van der Waals surface area contributed by atoms with Gasteiger partial charge in [-0.2, -0.15) is 0 Å². The molecule has 0 bridgehead atoms. The highest BCUT2D eigenvalue weighted by molar-refractivity contribution is 6.52. The van der Waals surface area contributed by atoms with E-state index in [4.69, 9.17) is 9.31 Å². The van der Waals surface area contributed by atoms with Crippen LogP contribution in [0, 0.1) is 0 Å². The molecule has 0 aromatic carbocycles. The maximum Gasteiger partial charge on any atom is 0.487 e. The van der Waals surface area contributed by atoms with Crippen LogP contribution in [-0.4, -0.2) is 24.6 Å². The Bertz CT molecular complexity index is 279. The molecule has 1 saturated heterocycles. The molecule has 0 atom stereocenters. The molecule has 4 heteroatoms. The first-order valence-corrected chi connectivity index (χ1v) is 4.97. The average Bonchev–Trinajstić information content (AvgIpc) is 2.31. The van der Waals surface area contributed by atoms with Crippen LogP contribution in [0.2, 0.25) is 0 Å². The van der Waals surface area contributed by atoms with E-state index in [2.05, 4.69) is 6.58 Å². The first-order valence-electron chi connectivity index (χ1n) is 4.97. The lowest BCUT2D eigenvalue weighted by atomic mass is 9.87. The maximum atomic E-state index is 10.6. The third-order valence-electron chi connectivity index (χ3n) is 2.97. The first-order chi connectivity index (χ1) is 6.82. The van der Waals surface area contributed by atoms with Crippen LogP contribution < -0.4 is 0 Å². The Labute approximate surface area is 91.3 Å². The van der Waals surface area contributed by atoms with Crippen LogP contribution in [0.5, 0.6) is 0 Å². The smallest absolute Gasteiger partial charge is 0.400 e. The molecule has 1 heterocycles. The van der Waals surface area contributed by atoms with Crippen LogP contribution in [0.25, 0.3) is 0 Å². The van der Waals surface area contributed by atoms with E-state index in [1.54, 1.807) is 5.98 Å². The number of aldehydes is 1. The van der Waals surface area contributed by atoms with Gasteiger partial charge in [-0.05, 0) is 33.7 Å². The summed E-state index contributed by atoms with van der Waals surface area (Å²) in [5, 5.41) is 0. The Morgan fingerprint density at radius 2 is 1.67 bits per heavy atom. The Balaban J connectivity index is 2.84. The van der Waals surface area contributed by atoms with Crippen molar-refractivity contribution in [2.24, 2.45) is 0 Å². The van der Waals surface area contributed by atoms with E-state index >= 15 is 0 Å². The van der Waals surface area contributed by atoms with Gasteiger partial charge in [-0.25, -0.2) is 0 Å². The zero-order valence-corrected chi connectivity index (χ0v) is 9.74. The largest absolute Gasteiger partial charge is 0.487 e. The van der Waals surface area contributed by atoms with E-state index in [9.17, 15) is 4.79 Å². The van der Waals surface area contributed by atoms with Gasteiger partial charge in [0.2, 0.25) is 0 Å². The fraction of sp³-hybridized carbons (Fsp3) is 0.545. The molecule has 0 saturated carbocycles. The third-order valence-corrected chi connectivity index (χ3v) is 2.97. The summed E-state index contributed by atoms with van der Waals surface area (Å²) < 4.78 is 11.4. The summed E-state index contributed by atoms with van der Waals surface area (Å²) in [7, 11) is -0.479. The lowest BCUT2D eigenvalue weighted by Gasteiger charge is -2.32. The van der Waals surface area contributed by atoms with E-state index in [0.717, 1.165) is 6.29 Å². The molecule has 0 radical (unpaired) electrons. The minimum Gasteiger partial charge on any atom is -0.400 e. The Hall–Kier alpha value is -0.865. The minimum absolute atomic E-state index is 0.372. The highest BCUT2D eigenvalue weighted by Crippen LogP contribution is 2.37. The van der Waals surface area contributed by atoms with Crippen LogP contribution in [0.15, 0.2) is 24.2 Å². The molecule has 15 heavy (non-hydrogen) atoms. The summed E-state index contributed by atoms with van der Waals surface area (Å²) in [5.74, 6) is 1.64. The van der Waals surface area contributed by atoms with Crippen LogP contribution in [-0.2, 0) is 14.1 Å². The Kier molecular flexibility index (Phi) is 3.21. The summed E-state index contributed by atoms with van der Waals surface area (Å²) in [6, 6.07) is 0. The molecular formula is C11H17BO3. The molecule has 1 aliphatic heterocycles. The predicted octanol–water partition coefficient (Wildman–Crippen LogP) is 1.93. The Morgan fingerprint density at radius 3 is 2.00 bits per heavy atom. The molecule has 0 aliphatic carbocycles. The second-order valence-corrected chi connectivity index (χ2v) is 4.61. The van der Waals surface area contributed by atoms with Crippen molar-refractivity contribution in [1.82, 2.24) is 0 Å². The van der Waals surface area contributed by atoms with Crippen molar-refractivity contribution in [2.45, 2.75) is 38.9 Å². The van der Waals surface area contributed by atoms with Gasteiger partial charge >= 0.3 is 7.12 Å². The van der Waals surface area contributed by atoms with E-state index < -0.39 is 7.12 Å². The molecule has 0 unspecified atom stereocenters. The maximum absolute atomic E-state index is 10.6. The van der Waals surface area contributed by atoms with E-state index in [-0.39, 0.29) is 11.2 Å². The summed E-state index contributed by atoms with van der Waals surface area (Å²) in [6.07, 6.45) is 2.22. The van der Waals surface area contributed by atoms with Crippen LogP contribution in [0.3, 0.4) is 0 Å². The molecule has 1 fully saturated rings. The van der Waals surface area contributed by atoms with E-state index in [1.807, 2.05) is 27.7 Å². The summed E-state index contributed by atoms with van der Waals surface area (Å²) in [5.41, 5.74) is -0.263. The van der Waals surface area contributed by atoms with Crippen molar-refractivity contribution >= 4 is 13.4 Å². The van der Waals surface area contributed by atoms with Crippen molar-refractivity contribution < 1.29 is 14.1 Å². The number of carbonyl (C=O) groups is 1. The minimum atomic E-state index is -0.479. The first kappa shape index (κ1) is 12.2. The van der Waals surface area contributed by atoms with E-state index in [0.29, 0.717) is 5.57 Å². The van der Waals surface area contributed by atoms with Crippen LogP contribution in [0.4, 0.5) is 0 Å². The van der Waals surface area contributed by atoms with Crippen molar-refractivity contribution in [1.29, 1.82) is 0 Å². The lowest BCUT2D eigenvalue weighted by molar-refractivity contribution is -0.104. The van der Waals surface area contributed by atoms with Gasteiger partial charge in [-0.1, -0.05) is 12.7 Å². The average molecular weight is 208 g/mol. The number of rotatable bonds is 3. The molecule has 0 amide bonds. The second-order valence-electron chi connectivity index (χ2n) is 4.61. The van der Waals surface area contributed by atoms with Gasteiger partial charge < -0.3 is 9.31 Å². The van der Waals surface area contributed by atoms with Gasteiger partial charge in [0.05, 0.1) is 11.2 Å². The number of hydrogen-bond acceptors (Lipinski definition) is 3. The van der Waals surface area contributed by atoms with Crippen molar-refractivity contribution in [3.05, 3.63) is 24.2 Å². The molecule has 0 spiro atoms. The molecule has 0 aromatic rings. The standard InChI is InChI=1S/C11H17BO3/c1-6-9(8-13)7-12-14-10(2,3)11(4,5)15-12/h6-8H,1H2,2-5H3/b9-7+. The van der Waals surface area contributed by atoms with Gasteiger partial charge in [0.15, 0.2) is 0 Å². The zero-order valence-electron chi connectivity index (χ0n) is 9.74. The topological polar surface area (TPSA) is 35.5 Å². The van der Waals surface area contributed by atoms with Crippen molar-refractivity contribution in [2.75, 3.05) is 0 Å². The molecule has 1 aliphatic rings. The fourth-order valence-corrected chi connectivity index (χ4v) is 1.27. The molecule has 82 valence electrons. The highest BCUT2D eigenvalue weighted by atomic mass is 16.7. The summed E-state index contributed by atoms with van der Waals surface area (Å²) >= 11 is 0. The molecular weight excluding hydrogens is 191 g/mol. The van der Waals surface area contributed by atoms with Gasteiger partial charge in [0.25, 0.3) is 0 Å². The van der Waals surface area contributed by atoms with Gasteiger partial charge in [0, 0.05) is 5.57 Å². The van der Waals surface area contributed by atoms with Gasteiger partial charge in [0.1, 0.15) is 6.29 Å². The Morgan fingerprint density at radius 1 is 1.20 bits per heavy atom. The third kappa shape index (κ3) is 2.38.